The van der Waals surface area contributed by atoms with E-state index in [4.69, 9.17) is 11.1 Å². The van der Waals surface area contributed by atoms with Crippen LogP contribution in [0.1, 0.15) is 17.0 Å². The molecular weight excluding hydrogens is 298 g/mol. The van der Waals surface area contributed by atoms with Gasteiger partial charge in [-0.15, -0.1) is 11.3 Å². The van der Waals surface area contributed by atoms with Crippen molar-refractivity contribution in [3.8, 4) is 0 Å². The monoisotopic (exact) mass is 315 g/mol. The summed E-state index contributed by atoms with van der Waals surface area (Å²) in [5, 5.41) is 13.5. The standard InChI is InChI=1S/C15H17N5OS/c16-14(17)20-15-19-11-7-6-9(8-12(11)22-15)13(21)18-10-4-2-1-3-5-10/h1-5,9H,6-8H2,(H,18,21)(H4,16,17,19,20)/t9-/m0/s1. The number of nitrogens with one attached hydrogen (secondary N) is 3. The molecule has 0 unspecified atom stereocenters. The molecule has 0 aliphatic heterocycles. The summed E-state index contributed by atoms with van der Waals surface area (Å²) in [5.74, 6) is -0.117. The summed E-state index contributed by atoms with van der Waals surface area (Å²) in [4.78, 5) is 17.9. The summed E-state index contributed by atoms with van der Waals surface area (Å²) in [7, 11) is 0. The van der Waals surface area contributed by atoms with Crippen LogP contribution in [-0.4, -0.2) is 16.9 Å². The Labute approximate surface area is 132 Å². The molecule has 3 rings (SSSR count). The fourth-order valence-electron chi connectivity index (χ4n) is 2.53. The summed E-state index contributed by atoms with van der Waals surface area (Å²) in [6.45, 7) is 0. The van der Waals surface area contributed by atoms with Crippen molar-refractivity contribution in [3.05, 3.63) is 40.9 Å². The van der Waals surface area contributed by atoms with Gasteiger partial charge in [-0.2, -0.15) is 0 Å². The van der Waals surface area contributed by atoms with Gasteiger partial charge in [0.15, 0.2) is 11.1 Å². The third-order valence-corrected chi connectivity index (χ3v) is 4.63. The highest BCUT2D eigenvalue weighted by Gasteiger charge is 2.27. The van der Waals surface area contributed by atoms with E-state index in [1.807, 2.05) is 30.3 Å². The molecular formula is C15H17N5OS. The van der Waals surface area contributed by atoms with E-state index in [-0.39, 0.29) is 17.8 Å². The fourth-order valence-corrected chi connectivity index (χ4v) is 3.63. The first-order valence-electron chi connectivity index (χ1n) is 7.07. The Hall–Kier alpha value is -2.41. The molecule has 1 atom stereocenters. The van der Waals surface area contributed by atoms with Crippen molar-refractivity contribution in [1.29, 1.82) is 5.41 Å². The number of fused-ring (bicyclic) bond motifs is 1. The van der Waals surface area contributed by atoms with Gasteiger partial charge in [0, 0.05) is 16.5 Å². The number of para-hydroxylation sites is 1. The topological polar surface area (TPSA) is 104 Å². The number of anilines is 2. The quantitative estimate of drug-likeness (QED) is 0.515. The van der Waals surface area contributed by atoms with Gasteiger partial charge in [-0.25, -0.2) is 4.98 Å². The van der Waals surface area contributed by atoms with Gasteiger partial charge >= 0.3 is 0 Å². The molecule has 1 aliphatic rings. The minimum Gasteiger partial charge on any atom is -0.370 e. The van der Waals surface area contributed by atoms with Crippen LogP contribution in [0.3, 0.4) is 0 Å². The van der Waals surface area contributed by atoms with Crippen LogP contribution in [0.5, 0.6) is 0 Å². The second kappa shape index (κ2) is 6.15. The summed E-state index contributed by atoms with van der Waals surface area (Å²) >= 11 is 1.47. The molecule has 1 aromatic carbocycles. The Morgan fingerprint density at radius 1 is 1.32 bits per heavy atom. The number of carbonyl (C=O) groups excluding carboxylic acids is 1. The zero-order valence-corrected chi connectivity index (χ0v) is 12.7. The van der Waals surface area contributed by atoms with E-state index in [0.29, 0.717) is 11.6 Å². The Balaban J connectivity index is 1.67. The summed E-state index contributed by atoms with van der Waals surface area (Å²) in [6.07, 6.45) is 2.25. The van der Waals surface area contributed by atoms with Gasteiger partial charge in [0.05, 0.1) is 5.69 Å². The molecule has 0 radical (unpaired) electrons. The van der Waals surface area contributed by atoms with Gasteiger partial charge < -0.3 is 16.4 Å². The number of benzene rings is 1. The van der Waals surface area contributed by atoms with Crippen molar-refractivity contribution >= 4 is 34.0 Å². The Kier molecular flexibility index (Phi) is 4.06. The summed E-state index contributed by atoms with van der Waals surface area (Å²) < 4.78 is 0. The predicted molar refractivity (Wildman–Crippen MR) is 88.2 cm³/mol. The first-order valence-corrected chi connectivity index (χ1v) is 7.89. The smallest absolute Gasteiger partial charge is 0.227 e. The van der Waals surface area contributed by atoms with Crippen LogP contribution in [0.25, 0.3) is 0 Å². The van der Waals surface area contributed by atoms with Crippen LogP contribution < -0.4 is 16.4 Å². The molecule has 22 heavy (non-hydrogen) atoms. The van der Waals surface area contributed by atoms with E-state index >= 15 is 0 Å². The average Bonchev–Trinajstić information content (AvgIpc) is 2.88. The number of guanidine groups is 1. The molecule has 1 aliphatic carbocycles. The number of thiazole rings is 1. The maximum Gasteiger partial charge on any atom is 0.227 e. The lowest BCUT2D eigenvalue weighted by Gasteiger charge is -2.20. The van der Waals surface area contributed by atoms with Gasteiger partial charge in [-0.05, 0) is 31.4 Å². The van der Waals surface area contributed by atoms with Crippen molar-refractivity contribution in [2.24, 2.45) is 11.7 Å². The van der Waals surface area contributed by atoms with E-state index in [1.54, 1.807) is 0 Å². The highest BCUT2D eigenvalue weighted by molar-refractivity contribution is 7.15. The molecule has 2 aromatic rings. The molecule has 1 amide bonds. The third kappa shape index (κ3) is 3.25. The number of aromatic nitrogens is 1. The van der Waals surface area contributed by atoms with Crippen molar-refractivity contribution in [3.63, 3.8) is 0 Å². The lowest BCUT2D eigenvalue weighted by atomic mass is 9.90. The van der Waals surface area contributed by atoms with Gasteiger partial charge in [-0.3, -0.25) is 10.2 Å². The predicted octanol–water partition coefficient (Wildman–Crippen LogP) is 2.19. The van der Waals surface area contributed by atoms with Crippen molar-refractivity contribution in [1.82, 2.24) is 4.98 Å². The van der Waals surface area contributed by atoms with Crippen LogP contribution in [0.4, 0.5) is 10.8 Å². The second-order valence-electron chi connectivity index (χ2n) is 5.22. The first kappa shape index (κ1) is 14.5. The molecule has 6 nitrogen and oxygen atoms in total. The van der Waals surface area contributed by atoms with Crippen LogP contribution in [-0.2, 0) is 17.6 Å². The van der Waals surface area contributed by atoms with Crippen molar-refractivity contribution < 1.29 is 4.79 Å². The van der Waals surface area contributed by atoms with Crippen molar-refractivity contribution in [2.75, 3.05) is 10.6 Å². The van der Waals surface area contributed by atoms with E-state index in [9.17, 15) is 4.79 Å². The number of rotatable bonds is 3. The first-order chi connectivity index (χ1) is 10.6. The lowest BCUT2D eigenvalue weighted by molar-refractivity contribution is -0.120. The number of hydrogen-bond donors (Lipinski definition) is 4. The summed E-state index contributed by atoms with van der Waals surface area (Å²) in [6, 6.07) is 9.49. The largest absolute Gasteiger partial charge is 0.370 e. The van der Waals surface area contributed by atoms with Gasteiger partial charge in [-0.1, -0.05) is 18.2 Å². The highest BCUT2D eigenvalue weighted by atomic mass is 32.1. The van der Waals surface area contributed by atoms with Crippen LogP contribution in [0.15, 0.2) is 30.3 Å². The minimum absolute atomic E-state index is 0.0432. The van der Waals surface area contributed by atoms with Crippen LogP contribution in [0, 0.1) is 11.3 Å². The van der Waals surface area contributed by atoms with Gasteiger partial charge in [0.2, 0.25) is 5.91 Å². The summed E-state index contributed by atoms with van der Waals surface area (Å²) in [5.41, 5.74) is 7.15. The number of aryl methyl sites for hydroxylation is 1. The Morgan fingerprint density at radius 2 is 2.09 bits per heavy atom. The Morgan fingerprint density at radius 3 is 2.82 bits per heavy atom. The number of amides is 1. The molecule has 114 valence electrons. The zero-order chi connectivity index (χ0) is 15.5. The number of hydrogen-bond acceptors (Lipinski definition) is 4. The number of carbonyl (C=O) groups is 1. The third-order valence-electron chi connectivity index (χ3n) is 3.59. The molecule has 0 spiro atoms. The normalized spacial score (nSPS) is 16.6. The van der Waals surface area contributed by atoms with Crippen LogP contribution in [0.2, 0.25) is 0 Å². The number of nitrogens with zero attached hydrogens (tertiary/aromatic N) is 1. The molecule has 0 fully saturated rings. The molecule has 0 saturated heterocycles. The fraction of sp³-hybridized carbons (Fsp3) is 0.267. The van der Waals surface area contributed by atoms with Crippen LogP contribution >= 0.6 is 11.3 Å². The van der Waals surface area contributed by atoms with E-state index in [1.165, 1.54) is 11.3 Å². The maximum absolute atomic E-state index is 12.4. The molecule has 5 N–H and O–H groups in total. The van der Waals surface area contributed by atoms with E-state index < -0.39 is 0 Å². The molecule has 1 heterocycles. The molecule has 1 aromatic heterocycles. The van der Waals surface area contributed by atoms with E-state index in [0.717, 1.165) is 29.1 Å². The molecule has 7 heteroatoms. The van der Waals surface area contributed by atoms with E-state index in [2.05, 4.69) is 15.6 Å². The zero-order valence-electron chi connectivity index (χ0n) is 11.9. The lowest BCUT2D eigenvalue weighted by Crippen LogP contribution is -2.27. The molecule has 0 saturated carbocycles. The highest BCUT2D eigenvalue weighted by Crippen LogP contribution is 2.32. The molecule has 0 bridgehead atoms. The van der Waals surface area contributed by atoms with Gasteiger partial charge in [0.1, 0.15) is 0 Å². The SMILES string of the molecule is N=C(N)Nc1nc2c(s1)C[C@@H](C(=O)Nc1ccccc1)CC2. The Bertz CT molecular complexity index is 697. The maximum atomic E-state index is 12.4. The average molecular weight is 315 g/mol. The number of nitrogens with two attached hydrogens (primary N) is 1. The van der Waals surface area contributed by atoms with Crippen molar-refractivity contribution in [2.45, 2.75) is 19.3 Å². The van der Waals surface area contributed by atoms with Gasteiger partial charge in [0.25, 0.3) is 0 Å². The minimum atomic E-state index is -0.121. The second-order valence-corrected chi connectivity index (χ2v) is 6.31.